The molecule has 0 saturated carbocycles. The fraction of sp³-hybridized carbons (Fsp3) is 0.120. The second-order valence-corrected chi connectivity index (χ2v) is 7.36. The molecule has 0 aliphatic carbocycles. The Balaban J connectivity index is 0.000000205. The molecule has 0 aliphatic rings. The summed E-state index contributed by atoms with van der Waals surface area (Å²) >= 11 is 0. The first-order valence-electron chi connectivity index (χ1n) is 10.3. The first-order valence-corrected chi connectivity index (χ1v) is 10.3. The van der Waals surface area contributed by atoms with Gasteiger partial charge in [-0.2, -0.15) is 0 Å². The molecule has 0 unspecified atom stereocenters. The van der Waals surface area contributed by atoms with Crippen molar-refractivity contribution in [1.29, 1.82) is 0 Å². The van der Waals surface area contributed by atoms with Crippen LogP contribution < -0.4 is 5.43 Å². The predicted octanol–water partition coefficient (Wildman–Crippen LogP) is 3.95. The topological polar surface area (TPSA) is 178 Å². The number of phenols is 6. The third kappa shape index (κ3) is 5.74. The molecule has 6 N–H and O–H groups in total. The van der Waals surface area contributed by atoms with E-state index in [9.17, 15) is 24.9 Å². The fourth-order valence-electron chi connectivity index (χ4n) is 3.02. The normalized spacial score (nSPS) is 10.4. The second kappa shape index (κ2) is 10.4. The largest absolute Gasteiger partial charge is 0.508 e. The summed E-state index contributed by atoms with van der Waals surface area (Å²) in [5.74, 6) is -2.55. The molecular formula is C25H22O10. The summed E-state index contributed by atoms with van der Waals surface area (Å²) in [5, 5.41) is 55.7. The van der Waals surface area contributed by atoms with Crippen LogP contribution in [0.5, 0.6) is 34.5 Å². The Labute approximate surface area is 198 Å². The van der Waals surface area contributed by atoms with Gasteiger partial charge in [0.25, 0.3) is 0 Å². The minimum absolute atomic E-state index is 0.00347. The molecule has 10 heteroatoms. The van der Waals surface area contributed by atoms with Gasteiger partial charge in [-0.1, -0.05) is 6.92 Å². The Morgan fingerprint density at radius 3 is 2.06 bits per heavy atom. The van der Waals surface area contributed by atoms with E-state index in [-0.39, 0.29) is 46.1 Å². The minimum atomic E-state index is -0.651. The number of carbonyl (C=O) groups is 1. The van der Waals surface area contributed by atoms with E-state index in [4.69, 9.17) is 24.5 Å². The third-order valence-electron chi connectivity index (χ3n) is 4.69. The monoisotopic (exact) mass is 482 g/mol. The molecule has 0 bridgehead atoms. The van der Waals surface area contributed by atoms with Gasteiger partial charge in [0.2, 0.25) is 0 Å². The van der Waals surface area contributed by atoms with Gasteiger partial charge in [-0.3, -0.25) is 4.79 Å². The summed E-state index contributed by atoms with van der Waals surface area (Å²) < 4.78 is 10.3. The van der Waals surface area contributed by atoms with E-state index in [2.05, 4.69) is 0 Å². The lowest BCUT2D eigenvalue weighted by Crippen LogP contribution is -2.05. The van der Waals surface area contributed by atoms with Crippen LogP contribution in [0.15, 0.2) is 63.8 Å². The van der Waals surface area contributed by atoms with E-state index in [0.717, 1.165) is 18.2 Å². The molecule has 1 aromatic heterocycles. The Morgan fingerprint density at radius 2 is 1.46 bits per heavy atom. The van der Waals surface area contributed by atoms with E-state index in [1.165, 1.54) is 24.3 Å². The smallest absolute Gasteiger partial charge is 0.338 e. The Hall–Kier alpha value is -4.86. The lowest BCUT2D eigenvalue weighted by molar-refractivity contribution is 0.0504. The van der Waals surface area contributed by atoms with Gasteiger partial charge >= 0.3 is 5.97 Å². The highest BCUT2D eigenvalue weighted by Gasteiger charge is 2.14. The lowest BCUT2D eigenvalue weighted by Gasteiger charge is -2.05. The van der Waals surface area contributed by atoms with Gasteiger partial charge in [-0.25, -0.2) is 4.79 Å². The molecule has 0 atom stereocenters. The number of hydrogen-bond acceptors (Lipinski definition) is 10. The molecule has 0 fully saturated rings. The van der Waals surface area contributed by atoms with Gasteiger partial charge in [0.05, 0.1) is 12.2 Å². The SMILES string of the molecule is CCCOC(=O)c1cc(O)c(O)c(O)c1.O=c1cc(-c2ccc(O)cc2)oc2cc(O)cc(O)c12. The van der Waals surface area contributed by atoms with Gasteiger partial charge in [-0.15, -0.1) is 0 Å². The molecule has 10 nitrogen and oxygen atoms in total. The van der Waals surface area contributed by atoms with Crippen molar-refractivity contribution in [2.75, 3.05) is 6.61 Å². The summed E-state index contributed by atoms with van der Waals surface area (Å²) in [6.07, 6.45) is 0.682. The van der Waals surface area contributed by atoms with E-state index in [1.54, 1.807) is 12.1 Å². The highest BCUT2D eigenvalue weighted by Crippen LogP contribution is 2.35. The zero-order valence-corrected chi connectivity index (χ0v) is 18.4. The maximum absolute atomic E-state index is 12.0. The molecule has 0 radical (unpaired) electrons. The summed E-state index contributed by atoms with van der Waals surface area (Å²) in [7, 11) is 0. The summed E-state index contributed by atoms with van der Waals surface area (Å²) in [6, 6.07) is 11.8. The van der Waals surface area contributed by atoms with Crippen molar-refractivity contribution in [3.8, 4) is 45.8 Å². The number of rotatable bonds is 4. The molecule has 35 heavy (non-hydrogen) atoms. The van der Waals surface area contributed by atoms with Crippen LogP contribution in [0.2, 0.25) is 0 Å². The fourth-order valence-corrected chi connectivity index (χ4v) is 3.02. The number of carbonyl (C=O) groups excluding carboxylic acids is 1. The Morgan fingerprint density at radius 1 is 0.829 bits per heavy atom. The molecule has 0 saturated heterocycles. The van der Waals surface area contributed by atoms with Crippen molar-refractivity contribution in [2.24, 2.45) is 0 Å². The van der Waals surface area contributed by atoms with E-state index >= 15 is 0 Å². The summed E-state index contributed by atoms with van der Waals surface area (Å²) in [5.41, 5.74) is 0.283. The molecule has 0 amide bonds. The van der Waals surface area contributed by atoms with Crippen LogP contribution in [-0.4, -0.2) is 43.2 Å². The summed E-state index contributed by atoms with van der Waals surface area (Å²) in [6.45, 7) is 2.11. The number of phenolic OH excluding ortho intramolecular Hbond substituents is 6. The zero-order chi connectivity index (χ0) is 25.7. The molecule has 4 aromatic rings. The van der Waals surface area contributed by atoms with Crippen LogP contribution in [0.25, 0.3) is 22.3 Å². The van der Waals surface area contributed by atoms with Gasteiger partial charge in [0.15, 0.2) is 22.7 Å². The van der Waals surface area contributed by atoms with Crippen LogP contribution in [0, 0.1) is 0 Å². The Kier molecular flexibility index (Phi) is 7.35. The average molecular weight is 482 g/mol. The van der Waals surface area contributed by atoms with Crippen LogP contribution in [0.1, 0.15) is 23.7 Å². The van der Waals surface area contributed by atoms with Crippen molar-refractivity contribution < 1.29 is 44.6 Å². The molecule has 0 spiro atoms. The predicted molar refractivity (Wildman–Crippen MR) is 125 cm³/mol. The van der Waals surface area contributed by atoms with Crippen LogP contribution in [0.4, 0.5) is 0 Å². The van der Waals surface area contributed by atoms with E-state index in [0.29, 0.717) is 12.0 Å². The zero-order valence-electron chi connectivity index (χ0n) is 18.4. The second-order valence-electron chi connectivity index (χ2n) is 7.36. The number of aromatic hydroxyl groups is 6. The van der Waals surface area contributed by atoms with Crippen molar-refractivity contribution >= 4 is 16.9 Å². The average Bonchev–Trinajstić information content (AvgIpc) is 2.80. The molecule has 1 heterocycles. The standard InChI is InChI=1S/C15H10O5.C10H12O5/c16-9-3-1-8(2-4-9)13-7-12(19)15-11(18)5-10(17)6-14(15)20-13;1-2-3-15-10(14)6-4-7(11)9(13)8(12)5-6/h1-7,16-18H;4-5,11-13H,2-3H2,1H3. The van der Waals surface area contributed by atoms with Crippen LogP contribution >= 0.6 is 0 Å². The van der Waals surface area contributed by atoms with Crippen LogP contribution in [0.3, 0.4) is 0 Å². The van der Waals surface area contributed by atoms with Gasteiger partial charge in [0.1, 0.15) is 34.0 Å². The van der Waals surface area contributed by atoms with E-state index < -0.39 is 28.6 Å². The van der Waals surface area contributed by atoms with Crippen LogP contribution in [-0.2, 0) is 4.74 Å². The van der Waals surface area contributed by atoms with Gasteiger partial charge in [0, 0.05) is 23.8 Å². The first-order chi connectivity index (χ1) is 16.6. The molecular weight excluding hydrogens is 460 g/mol. The molecule has 182 valence electrons. The third-order valence-corrected chi connectivity index (χ3v) is 4.69. The Bertz CT molecular complexity index is 1400. The number of hydrogen-bond donors (Lipinski definition) is 6. The number of esters is 1. The van der Waals surface area contributed by atoms with Crippen molar-refractivity contribution in [2.45, 2.75) is 13.3 Å². The van der Waals surface area contributed by atoms with Gasteiger partial charge < -0.3 is 39.8 Å². The first kappa shape index (κ1) is 24.8. The highest BCUT2D eigenvalue weighted by molar-refractivity contribution is 5.91. The maximum atomic E-state index is 12.0. The number of benzene rings is 3. The van der Waals surface area contributed by atoms with Crippen molar-refractivity contribution in [1.82, 2.24) is 0 Å². The summed E-state index contributed by atoms with van der Waals surface area (Å²) in [4.78, 5) is 23.3. The van der Waals surface area contributed by atoms with Gasteiger partial charge in [-0.05, 0) is 42.8 Å². The van der Waals surface area contributed by atoms with Crippen molar-refractivity contribution in [3.63, 3.8) is 0 Å². The number of ether oxygens (including phenoxy) is 1. The molecule has 3 aromatic carbocycles. The highest BCUT2D eigenvalue weighted by atomic mass is 16.5. The molecule has 4 rings (SSSR count). The van der Waals surface area contributed by atoms with E-state index in [1.807, 2.05) is 6.92 Å². The number of fused-ring (bicyclic) bond motifs is 1. The lowest BCUT2D eigenvalue weighted by atomic mass is 10.1. The minimum Gasteiger partial charge on any atom is -0.508 e. The van der Waals surface area contributed by atoms with Crippen molar-refractivity contribution in [3.05, 3.63) is 70.4 Å². The maximum Gasteiger partial charge on any atom is 0.338 e. The quantitative estimate of drug-likeness (QED) is 0.184. The molecule has 0 aliphatic heterocycles.